The van der Waals surface area contributed by atoms with Crippen LogP contribution in [0.15, 0.2) is 36.4 Å². The smallest absolute Gasteiger partial charge is 0.251 e. The van der Waals surface area contributed by atoms with E-state index in [1.807, 2.05) is 6.92 Å². The Labute approximate surface area is 141 Å². The SMILES string of the molecule is COc1ccc(C(=O)N[C@H](C)c2ccc3c(c2)CCC3)cc1Cl. The highest BCUT2D eigenvalue weighted by atomic mass is 35.5. The zero-order chi connectivity index (χ0) is 16.4. The van der Waals surface area contributed by atoms with Gasteiger partial charge >= 0.3 is 0 Å². The van der Waals surface area contributed by atoms with E-state index in [1.54, 1.807) is 25.3 Å². The van der Waals surface area contributed by atoms with Crippen molar-refractivity contribution in [2.75, 3.05) is 7.11 Å². The van der Waals surface area contributed by atoms with Crippen LogP contribution in [0.25, 0.3) is 0 Å². The third kappa shape index (κ3) is 3.35. The largest absolute Gasteiger partial charge is 0.495 e. The predicted molar refractivity (Wildman–Crippen MR) is 92.4 cm³/mol. The molecule has 0 unspecified atom stereocenters. The Morgan fingerprint density at radius 3 is 2.70 bits per heavy atom. The predicted octanol–water partition coefficient (Wildman–Crippen LogP) is 4.33. The van der Waals surface area contributed by atoms with Gasteiger partial charge in [-0.2, -0.15) is 0 Å². The van der Waals surface area contributed by atoms with Crippen molar-refractivity contribution >= 4 is 17.5 Å². The van der Waals surface area contributed by atoms with Crippen molar-refractivity contribution in [1.29, 1.82) is 0 Å². The van der Waals surface area contributed by atoms with Crippen molar-refractivity contribution in [2.24, 2.45) is 0 Å². The number of hydrogen-bond donors (Lipinski definition) is 1. The summed E-state index contributed by atoms with van der Waals surface area (Å²) in [5.41, 5.74) is 4.52. The van der Waals surface area contributed by atoms with Gasteiger partial charge in [-0.25, -0.2) is 0 Å². The first-order valence-electron chi connectivity index (χ1n) is 7.84. The van der Waals surface area contributed by atoms with E-state index in [1.165, 1.54) is 24.0 Å². The van der Waals surface area contributed by atoms with Crippen LogP contribution in [0.4, 0.5) is 0 Å². The van der Waals surface area contributed by atoms with E-state index < -0.39 is 0 Å². The van der Waals surface area contributed by atoms with Crippen molar-refractivity contribution in [1.82, 2.24) is 5.32 Å². The van der Waals surface area contributed by atoms with Gasteiger partial charge in [-0.15, -0.1) is 0 Å². The molecule has 120 valence electrons. The van der Waals surface area contributed by atoms with Crippen LogP contribution < -0.4 is 10.1 Å². The first-order chi connectivity index (χ1) is 11.1. The number of aryl methyl sites for hydroxylation is 2. The van der Waals surface area contributed by atoms with Crippen LogP contribution in [-0.2, 0) is 12.8 Å². The molecule has 0 saturated heterocycles. The number of fused-ring (bicyclic) bond motifs is 1. The Bertz CT molecular complexity index is 742. The van der Waals surface area contributed by atoms with E-state index in [-0.39, 0.29) is 11.9 Å². The van der Waals surface area contributed by atoms with Crippen molar-refractivity contribution < 1.29 is 9.53 Å². The summed E-state index contributed by atoms with van der Waals surface area (Å²) in [5, 5.41) is 3.47. The number of carbonyl (C=O) groups is 1. The van der Waals surface area contributed by atoms with E-state index in [2.05, 4.69) is 23.5 Å². The maximum absolute atomic E-state index is 12.4. The fourth-order valence-electron chi connectivity index (χ4n) is 3.03. The third-order valence-electron chi connectivity index (χ3n) is 4.38. The second-order valence-electron chi connectivity index (χ2n) is 5.93. The van der Waals surface area contributed by atoms with Gasteiger partial charge < -0.3 is 10.1 Å². The quantitative estimate of drug-likeness (QED) is 0.906. The van der Waals surface area contributed by atoms with Gasteiger partial charge in [0.05, 0.1) is 18.2 Å². The fourth-order valence-corrected chi connectivity index (χ4v) is 3.29. The lowest BCUT2D eigenvalue weighted by Crippen LogP contribution is -2.26. The summed E-state index contributed by atoms with van der Waals surface area (Å²) in [6, 6.07) is 11.5. The van der Waals surface area contributed by atoms with Crippen LogP contribution in [0, 0.1) is 0 Å². The average Bonchev–Trinajstić information content (AvgIpc) is 3.02. The molecule has 0 aliphatic heterocycles. The van der Waals surface area contributed by atoms with Gasteiger partial charge in [0, 0.05) is 5.56 Å². The molecule has 1 N–H and O–H groups in total. The molecule has 0 radical (unpaired) electrons. The van der Waals surface area contributed by atoms with Crippen molar-refractivity contribution in [2.45, 2.75) is 32.2 Å². The van der Waals surface area contributed by atoms with E-state index in [0.717, 1.165) is 12.0 Å². The minimum atomic E-state index is -0.137. The highest BCUT2D eigenvalue weighted by Gasteiger charge is 2.16. The van der Waals surface area contributed by atoms with Gasteiger partial charge in [0.1, 0.15) is 5.75 Å². The molecule has 2 aromatic carbocycles. The molecule has 3 rings (SSSR count). The second kappa shape index (κ2) is 6.63. The monoisotopic (exact) mass is 329 g/mol. The molecular weight excluding hydrogens is 310 g/mol. The van der Waals surface area contributed by atoms with Gasteiger partial charge in [-0.1, -0.05) is 29.8 Å². The minimum Gasteiger partial charge on any atom is -0.495 e. The number of halogens is 1. The molecule has 0 heterocycles. The van der Waals surface area contributed by atoms with Crippen molar-refractivity contribution in [3.8, 4) is 5.75 Å². The van der Waals surface area contributed by atoms with Gasteiger partial charge in [0.2, 0.25) is 0 Å². The Hall–Kier alpha value is -2.00. The van der Waals surface area contributed by atoms with E-state index in [9.17, 15) is 4.79 Å². The summed E-state index contributed by atoms with van der Waals surface area (Å²) in [4.78, 5) is 12.4. The summed E-state index contributed by atoms with van der Waals surface area (Å²) in [6.07, 6.45) is 3.53. The molecule has 23 heavy (non-hydrogen) atoms. The molecule has 3 nitrogen and oxygen atoms in total. The molecule has 0 fully saturated rings. The third-order valence-corrected chi connectivity index (χ3v) is 4.68. The molecule has 0 aromatic heterocycles. The average molecular weight is 330 g/mol. The molecule has 1 aliphatic carbocycles. The lowest BCUT2D eigenvalue weighted by Gasteiger charge is -2.16. The van der Waals surface area contributed by atoms with E-state index in [0.29, 0.717) is 16.3 Å². The van der Waals surface area contributed by atoms with Crippen LogP contribution in [-0.4, -0.2) is 13.0 Å². The van der Waals surface area contributed by atoms with Crippen molar-refractivity contribution in [3.63, 3.8) is 0 Å². The Kier molecular flexibility index (Phi) is 4.58. The molecule has 0 saturated carbocycles. The lowest BCUT2D eigenvalue weighted by atomic mass is 10.0. The normalized spacial score (nSPS) is 14.2. The van der Waals surface area contributed by atoms with Crippen LogP contribution in [0.1, 0.15) is 46.4 Å². The molecule has 1 atom stereocenters. The Morgan fingerprint density at radius 1 is 1.17 bits per heavy atom. The van der Waals surface area contributed by atoms with Gasteiger partial charge in [0.25, 0.3) is 5.91 Å². The summed E-state index contributed by atoms with van der Waals surface area (Å²) in [7, 11) is 1.55. The zero-order valence-corrected chi connectivity index (χ0v) is 14.1. The molecule has 0 spiro atoms. The number of nitrogens with one attached hydrogen (secondary N) is 1. The van der Waals surface area contributed by atoms with E-state index in [4.69, 9.17) is 16.3 Å². The lowest BCUT2D eigenvalue weighted by molar-refractivity contribution is 0.0940. The topological polar surface area (TPSA) is 38.3 Å². The number of rotatable bonds is 4. The number of benzene rings is 2. The maximum atomic E-state index is 12.4. The zero-order valence-electron chi connectivity index (χ0n) is 13.4. The number of ether oxygens (including phenoxy) is 1. The highest BCUT2D eigenvalue weighted by molar-refractivity contribution is 6.32. The standard InChI is InChI=1S/C19H20ClNO2/c1-12(14-7-6-13-4-3-5-15(13)10-14)21-19(22)16-8-9-18(23-2)17(20)11-16/h6-12H,3-5H2,1-2H3,(H,21,22)/t12-/m1/s1. The molecule has 1 amide bonds. The first-order valence-corrected chi connectivity index (χ1v) is 8.22. The van der Waals surface area contributed by atoms with Crippen LogP contribution >= 0.6 is 11.6 Å². The fraction of sp³-hybridized carbons (Fsp3) is 0.316. The van der Waals surface area contributed by atoms with Gasteiger partial charge in [0.15, 0.2) is 0 Å². The van der Waals surface area contributed by atoms with Gasteiger partial charge in [-0.3, -0.25) is 4.79 Å². The number of methoxy groups -OCH3 is 1. The Morgan fingerprint density at radius 2 is 1.96 bits per heavy atom. The van der Waals surface area contributed by atoms with E-state index >= 15 is 0 Å². The maximum Gasteiger partial charge on any atom is 0.251 e. The molecule has 4 heteroatoms. The molecule has 2 aromatic rings. The Balaban J connectivity index is 1.73. The number of amides is 1. The van der Waals surface area contributed by atoms with Crippen LogP contribution in [0.3, 0.4) is 0 Å². The summed E-state index contributed by atoms with van der Waals surface area (Å²) in [6.45, 7) is 2.00. The van der Waals surface area contributed by atoms with Gasteiger partial charge in [-0.05, 0) is 61.1 Å². The minimum absolute atomic E-state index is 0.0470. The molecular formula is C19H20ClNO2. The number of hydrogen-bond acceptors (Lipinski definition) is 2. The summed E-state index contributed by atoms with van der Waals surface area (Å²) < 4.78 is 5.11. The van der Waals surface area contributed by atoms with Crippen LogP contribution in [0.5, 0.6) is 5.75 Å². The van der Waals surface area contributed by atoms with Crippen molar-refractivity contribution in [3.05, 3.63) is 63.7 Å². The van der Waals surface area contributed by atoms with Crippen LogP contribution in [0.2, 0.25) is 5.02 Å². The summed E-state index contributed by atoms with van der Waals surface area (Å²) in [5.74, 6) is 0.428. The highest BCUT2D eigenvalue weighted by Crippen LogP contribution is 2.27. The number of carbonyl (C=O) groups excluding carboxylic acids is 1. The molecule has 1 aliphatic rings. The molecule has 0 bridgehead atoms. The summed E-state index contributed by atoms with van der Waals surface area (Å²) >= 11 is 6.09. The first kappa shape index (κ1) is 15.9. The second-order valence-corrected chi connectivity index (χ2v) is 6.33.